The summed E-state index contributed by atoms with van der Waals surface area (Å²) in [5, 5.41) is 9.33. The molecule has 4 rings (SSSR count). The predicted molar refractivity (Wildman–Crippen MR) is 128 cm³/mol. The van der Waals surface area contributed by atoms with Crippen LogP contribution in [0.1, 0.15) is 51.5 Å². The van der Waals surface area contributed by atoms with Gasteiger partial charge in [-0.2, -0.15) is 4.98 Å². The SMILES string of the molecule is CCc1ccc2c(c1)-c1nnc(SCCC(C)C)nc1O[C@H](c1ccc(F)cc1)N2C(C)=O. The molecule has 1 aliphatic heterocycles. The summed E-state index contributed by atoms with van der Waals surface area (Å²) in [5.74, 6) is 1.19. The minimum absolute atomic E-state index is 0.206. The Hall–Kier alpha value is -3.00. The van der Waals surface area contributed by atoms with E-state index in [2.05, 4.69) is 36.0 Å². The van der Waals surface area contributed by atoms with Gasteiger partial charge in [0.25, 0.3) is 0 Å². The van der Waals surface area contributed by atoms with Crippen LogP contribution in [-0.2, 0) is 11.2 Å². The van der Waals surface area contributed by atoms with Gasteiger partial charge in [0.05, 0.1) is 5.69 Å². The number of rotatable bonds is 6. The second-order valence-corrected chi connectivity index (χ2v) is 9.46. The van der Waals surface area contributed by atoms with Crippen LogP contribution in [0.25, 0.3) is 11.3 Å². The highest BCUT2D eigenvalue weighted by molar-refractivity contribution is 7.99. The van der Waals surface area contributed by atoms with Crippen molar-refractivity contribution >= 4 is 23.4 Å². The van der Waals surface area contributed by atoms with Gasteiger partial charge in [-0.1, -0.05) is 50.7 Å². The molecule has 0 fully saturated rings. The summed E-state index contributed by atoms with van der Waals surface area (Å²) in [6.45, 7) is 7.90. The number of amides is 1. The molecule has 172 valence electrons. The topological polar surface area (TPSA) is 68.2 Å². The van der Waals surface area contributed by atoms with Crippen LogP contribution < -0.4 is 9.64 Å². The maximum atomic E-state index is 13.6. The third-order valence-electron chi connectivity index (χ3n) is 5.50. The highest BCUT2D eigenvalue weighted by Crippen LogP contribution is 2.44. The molecule has 0 saturated heterocycles. The summed E-state index contributed by atoms with van der Waals surface area (Å²) in [7, 11) is 0. The lowest BCUT2D eigenvalue weighted by atomic mass is 10.0. The molecule has 3 aromatic rings. The molecular weight excluding hydrogens is 439 g/mol. The number of aromatic nitrogens is 3. The number of hydrogen-bond donors (Lipinski definition) is 0. The summed E-state index contributed by atoms with van der Waals surface area (Å²) in [4.78, 5) is 19.1. The average molecular weight is 467 g/mol. The van der Waals surface area contributed by atoms with Crippen molar-refractivity contribution in [3.63, 3.8) is 0 Å². The molecule has 0 radical (unpaired) electrons. The zero-order chi connectivity index (χ0) is 23.5. The van der Waals surface area contributed by atoms with Gasteiger partial charge in [0.2, 0.25) is 23.2 Å². The van der Waals surface area contributed by atoms with Gasteiger partial charge in [-0.15, -0.1) is 10.2 Å². The fraction of sp³-hybridized carbons (Fsp3) is 0.360. The van der Waals surface area contributed by atoms with E-state index in [0.29, 0.717) is 33.9 Å². The average Bonchev–Trinajstić information content (AvgIpc) is 2.93. The summed E-state index contributed by atoms with van der Waals surface area (Å²) >= 11 is 1.53. The molecule has 0 spiro atoms. The van der Waals surface area contributed by atoms with Gasteiger partial charge in [-0.05, 0) is 48.6 Å². The van der Waals surface area contributed by atoms with Gasteiger partial charge in [-0.3, -0.25) is 9.69 Å². The maximum Gasteiger partial charge on any atom is 0.247 e. The number of halogens is 1. The van der Waals surface area contributed by atoms with E-state index in [0.717, 1.165) is 29.7 Å². The van der Waals surface area contributed by atoms with E-state index in [9.17, 15) is 9.18 Å². The second-order valence-electron chi connectivity index (χ2n) is 8.39. The van der Waals surface area contributed by atoms with Gasteiger partial charge in [0.1, 0.15) is 5.82 Å². The van der Waals surface area contributed by atoms with Crippen LogP contribution in [0.15, 0.2) is 47.6 Å². The quantitative estimate of drug-likeness (QED) is 0.426. The first kappa shape index (κ1) is 23.2. The summed E-state index contributed by atoms with van der Waals surface area (Å²) < 4.78 is 20.0. The lowest BCUT2D eigenvalue weighted by Crippen LogP contribution is -2.36. The summed E-state index contributed by atoms with van der Waals surface area (Å²) in [6, 6.07) is 11.8. The van der Waals surface area contributed by atoms with Crippen LogP contribution in [0.3, 0.4) is 0 Å². The fourth-order valence-corrected chi connectivity index (χ4v) is 4.68. The lowest BCUT2D eigenvalue weighted by Gasteiger charge is -2.30. The zero-order valence-corrected chi connectivity index (χ0v) is 20.0. The molecule has 1 amide bonds. The molecular formula is C25H27FN4O2S. The first-order chi connectivity index (χ1) is 15.9. The van der Waals surface area contributed by atoms with Crippen LogP contribution in [-0.4, -0.2) is 26.8 Å². The normalized spacial score (nSPS) is 15.0. The number of thioether (sulfide) groups is 1. The highest BCUT2D eigenvalue weighted by Gasteiger charge is 2.34. The smallest absolute Gasteiger partial charge is 0.247 e. The fourth-order valence-electron chi connectivity index (χ4n) is 3.66. The highest BCUT2D eigenvalue weighted by atomic mass is 32.2. The first-order valence-electron chi connectivity index (χ1n) is 11.1. The molecule has 2 heterocycles. The van der Waals surface area contributed by atoms with Crippen molar-refractivity contribution < 1.29 is 13.9 Å². The van der Waals surface area contributed by atoms with Crippen molar-refractivity contribution in [1.82, 2.24) is 15.2 Å². The Morgan fingerprint density at radius 1 is 1.18 bits per heavy atom. The number of nitrogens with zero attached hydrogens (tertiary/aromatic N) is 4. The van der Waals surface area contributed by atoms with E-state index in [-0.39, 0.29) is 11.7 Å². The van der Waals surface area contributed by atoms with Crippen LogP contribution in [0.2, 0.25) is 0 Å². The standard InChI is InChI=1S/C25H27FN4O2S/c1-5-17-6-11-21-20(14-17)22-23(27-25(29-28-22)33-13-12-15(2)3)32-24(30(21)16(4)31)18-7-9-19(26)10-8-18/h6-11,14-15,24H,5,12-13H2,1-4H3/t24-/m1/s1. The third kappa shape index (κ3) is 5.00. The first-order valence-corrected chi connectivity index (χ1v) is 12.1. The van der Waals surface area contributed by atoms with Crippen molar-refractivity contribution in [3.05, 3.63) is 59.4 Å². The molecule has 1 aliphatic rings. The number of fused-ring (bicyclic) bond motifs is 3. The number of benzene rings is 2. The molecule has 0 aliphatic carbocycles. The van der Waals surface area contributed by atoms with Crippen LogP contribution in [0.4, 0.5) is 10.1 Å². The number of ether oxygens (including phenoxy) is 1. The third-order valence-corrected chi connectivity index (χ3v) is 6.37. The molecule has 8 heteroatoms. The van der Waals surface area contributed by atoms with Gasteiger partial charge < -0.3 is 4.74 Å². The Morgan fingerprint density at radius 2 is 1.94 bits per heavy atom. The van der Waals surface area contributed by atoms with Gasteiger partial charge in [0.15, 0.2) is 5.69 Å². The molecule has 0 N–H and O–H groups in total. The number of carbonyl (C=O) groups is 1. The molecule has 0 unspecified atom stereocenters. The van der Waals surface area contributed by atoms with Crippen molar-refractivity contribution in [2.24, 2.45) is 5.92 Å². The van der Waals surface area contributed by atoms with Crippen molar-refractivity contribution in [2.75, 3.05) is 10.7 Å². The second kappa shape index (κ2) is 9.87. The Bertz CT molecular complexity index is 1150. The minimum Gasteiger partial charge on any atom is -0.447 e. The Kier molecular flexibility index (Phi) is 6.93. The van der Waals surface area contributed by atoms with E-state index in [1.807, 2.05) is 18.2 Å². The van der Waals surface area contributed by atoms with E-state index in [1.165, 1.54) is 30.8 Å². The number of carbonyl (C=O) groups excluding carboxylic acids is 1. The van der Waals surface area contributed by atoms with Crippen LogP contribution in [0, 0.1) is 11.7 Å². The lowest BCUT2D eigenvalue weighted by molar-refractivity contribution is -0.118. The summed E-state index contributed by atoms with van der Waals surface area (Å²) in [5.41, 5.74) is 3.62. The summed E-state index contributed by atoms with van der Waals surface area (Å²) in [6.07, 6.45) is 1.04. The number of anilines is 1. The van der Waals surface area contributed by atoms with Crippen molar-refractivity contribution in [3.8, 4) is 17.1 Å². The Morgan fingerprint density at radius 3 is 2.61 bits per heavy atom. The Balaban J connectivity index is 1.85. The van der Waals surface area contributed by atoms with Crippen LogP contribution in [0.5, 0.6) is 5.88 Å². The van der Waals surface area contributed by atoms with Gasteiger partial charge in [0, 0.05) is 23.8 Å². The molecule has 1 atom stereocenters. The van der Waals surface area contributed by atoms with E-state index in [1.54, 1.807) is 17.0 Å². The van der Waals surface area contributed by atoms with E-state index in [4.69, 9.17) is 4.74 Å². The van der Waals surface area contributed by atoms with Crippen molar-refractivity contribution in [2.45, 2.75) is 51.9 Å². The molecule has 2 aromatic carbocycles. The molecule has 6 nitrogen and oxygen atoms in total. The molecule has 1 aromatic heterocycles. The Labute approximate surface area is 197 Å². The predicted octanol–water partition coefficient (Wildman–Crippen LogP) is 5.82. The maximum absolute atomic E-state index is 13.6. The molecule has 0 saturated carbocycles. The molecule has 0 bridgehead atoms. The number of hydrogen-bond acceptors (Lipinski definition) is 6. The monoisotopic (exact) mass is 466 g/mol. The largest absolute Gasteiger partial charge is 0.447 e. The molecule has 33 heavy (non-hydrogen) atoms. The van der Waals surface area contributed by atoms with E-state index < -0.39 is 6.23 Å². The van der Waals surface area contributed by atoms with E-state index >= 15 is 0 Å². The zero-order valence-electron chi connectivity index (χ0n) is 19.2. The minimum atomic E-state index is -0.819. The number of aryl methyl sites for hydroxylation is 1. The van der Waals surface area contributed by atoms with Crippen molar-refractivity contribution in [1.29, 1.82) is 0 Å². The van der Waals surface area contributed by atoms with Gasteiger partial charge >= 0.3 is 0 Å². The van der Waals surface area contributed by atoms with Crippen LogP contribution >= 0.6 is 11.8 Å². The van der Waals surface area contributed by atoms with Gasteiger partial charge in [-0.25, -0.2) is 4.39 Å².